The van der Waals surface area contributed by atoms with E-state index in [1.165, 1.54) is 5.56 Å². The van der Waals surface area contributed by atoms with Crippen LogP contribution < -0.4 is 0 Å². The Morgan fingerprint density at radius 2 is 1.24 bits per heavy atom. The average Bonchev–Trinajstić information content (AvgIpc) is 2.74. The van der Waals surface area contributed by atoms with E-state index in [1.807, 2.05) is 12.1 Å². The predicted octanol–water partition coefficient (Wildman–Crippen LogP) is 8.53. The van der Waals surface area contributed by atoms with Crippen molar-refractivity contribution in [3.05, 3.63) is 53.1 Å². The summed E-state index contributed by atoms with van der Waals surface area (Å²) in [6.45, 7) is 18.0. The van der Waals surface area contributed by atoms with Gasteiger partial charge in [0, 0.05) is 46.1 Å². The molecule has 34 heavy (non-hydrogen) atoms. The predicted molar refractivity (Wildman–Crippen MR) is 152 cm³/mol. The summed E-state index contributed by atoms with van der Waals surface area (Å²) in [5, 5.41) is 1.26. The number of nitrogens with zero attached hydrogens (tertiary/aromatic N) is 1. The van der Waals surface area contributed by atoms with Crippen LogP contribution in [0.25, 0.3) is 21.8 Å². The minimum Gasteiger partial charge on any atom is -0.276 e. The van der Waals surface area contributed by atoms with Crippen LogP contribution in [0.5, 0.6) is 0 Å². The Bertz CT molecular complexity index is 1190. The molecular weight excluding hydrogens is 565 g/mol. The third kappa shape index (κ3) is 4.90. The van der Waals surface area contributed by atoms with Crippen molar-refractivity contribution in [1.82, 2.24) is 4.98 Å². The molecule has 0 fully saturated rings. The molecule has 2 atom stereocenters. The summed E-state index contributed by atoms with van der Waals surface area (Å²) in [4.78, 5) is 17.6. The number of benzene rings is 2. The van der Waals surface area contributed by atoms with Gasteiger partial charge in [-0.1, -0.05) is 73.6 Å². The van der Waals surface area contributed by atoms with Crippen LogP contribution in [0, 0.1) is 23.7 Å². The number of fused-ring (bicyclic) bond motifs is 2. The maximum Gasteiger partial charge on any atom is 0.252 e. The quantitative estimate of drug-likeness (QED) is 0.117. The van der Waals surface area contributed by atoms with E-state index >= 15 is 0 Å². The summed E-state index contributed by atoms with van der Waals surface area (Å²) in [5.41, 5.74) is 4.83. The number of pyridine rings is 1. The van der Waals surface area contributed by atoms with Gasteiger partial charge in [-0.2, -0.15) is 0 Å². The maximum absolute atomic E-state index is 12.2. The fraction of sp³-hybridized carbons (Fsp3) is 0.500. The Kier molecular flexibility index (Phi) is 9.54. The average molecular weight is 603 g/mol. The zero-order valence-electron chi connectivity index (χ0n) is 21.5. The van der Waals surface area contributed by atoms with Crippen molar-refractivity contribution in [2.75, 3.05) is 0 Å². The Balaban J connectivity index is 0.00000408. The summed E-state index contributed by atoms with van der Waals surface area (Å²) in [6, 6.07) is 12.5. The van der Waals surface area contributed by atoms with Crippen molar-refractivity contribution >= 4 is 57.1 Å². The molecule has 1 heterocycles. The van der Waals surface area contributed by atoms with Crippen LogP contribution in [0.4, 0.5) is 0 Å². The Morgan fingerprint density at radius 1 is 0.765 bits per heavy atom. The second kappa shape index (κ2) is 10.9. The van der Waals surface area contributed by atoms with Crippen molar-refractivity contribution in [2.24, 2.45) is 23.7 Å². The summed E-state index contributed by atoms with van der Waals surface area (Å²) in [5.74, 6) is 1.50. The van der Waals surface area contributed by atoms with Gasteiger partial charge in [0.15, 0.2) is 0 Å². The zero-order chi connectivity index (χ0) is 24.9. The van der Waals surface area contributed by atoms with Crippen LogP contribution in [0.2, 0.25) is 0 Å². The number of aromatic nitrogens is 1. The van der Waals surface area contributed by atoms with E-state index < -0.39 is 5.24 Å². The Morgan fingerprint density at radius 3 is 1.71 bits per heavy atom. The number of carbonyl (C=O) groups excluding carboxylic acids is 1. The van der Waals surface area contributed by atoms with Gasteiger partial charge in [-0.25, -0.2) is 4.98 Å². The van der Waals surface area contributed by atoms with E-state index in [1.54, 1.807) is 0 Å². The minimum absolute atomic E-state index is 0. The molecule has 0 bridgehead atoms. The number of carbonyl (C=O) groups is 1. The molecule has 0 saturated heterocycles. The van der Waals surface area contributed by atoms with Gasteiger partial charge >= 0.3 is 0 Å². The molecule has 2 aromatic carbocycles. The molecule has 0 amide bonds. The Labute approximate surface area is 227 Å². The number of hydrogen-bond donors (Lipinski definition) is 0. The third-order valence-electron chi connectivity index (χ3n) is 7.72. The molecule has 0 aliphatic carbocycles. The van der Waals surface area contributed by atoms with Gasteiger partial charge < -0.3 is 0 Å². The van der Waals surface area contributed by atoms with Gasteiger partial charge in [-0.15, -0.1) is 18.5 Å². The van der Waals surface area contributed by atoms with E-state index in [0.29, 0.717) is 29.2 Å². The van der Waals surface area contributed by atoms with E-state index in [0.717, 1.165) is 27.4 Å². The van der Waals surface area contributed by atoms with Crippen molar-refractivity contribution in [3.8, 4) is 0 Å². The second-order valence-electron chi connectivity index (χ2n) is 10.7. The van der Waals surface area contributed by atoms with Gasteiger partial charge in [0.1, 0.15) is 0 Å². The first-order chi connectivity index (χ1) is 15.3. The Hall–Kier alpha value is -0.447. The van der Waals surface area contributed by atoms with Crippen LogP contribution in [-0.4, -0.2) is 10.2 Å². The van der Waals surface area contributed by atoms with Gasteiger partial charge in [-0.3, -0.25) is 4.79 Å². The van der Waals surface area contributed by atoms with Crippen molar-refractivity contribution in [3.63, 3.8) is 0 Å². The second-order valence-corrected chi connectivity index (χ2v) is 13.0. The molecule has 6 heteroatoms. The molecule has 186 valence electrons. The SMILES string of the molecule is CC(C)C(P)(c1cccc2cc3cc(C(=O)Cl)cc(C(P)(C(C)C)C(C)C)c3nc12)C(C)C.[Ru]. The standard InChI is InChI=1S/C28H38ClNOP2.Ru/c1-15(2)27(32,16(3)4)22-11-9-10-19-12-20-13-21(26(29)31)14-23(25(20)30-24(19)22)28(33,17(5)6)18(7)8;/h9-18H,32-33H2,1-8H3;. The molecule has 2 nitrogen and oxygen atoms in total. The summed E-state index contributed by atoms with van der Waals surface area (Å²) in [7, 11) is 6.24. The van der Waals surface area contributed by atoms with Gasteiger partial charge in [0.05, 0.1) is 11.0 Å². The molecule has 0 N–H and O–H groups in total. The van der Waals surface area contributed by atoms with Crippen molar-refractivity contribution < 1.29 is 24.3 Å². The van der Waals surface area contributed by atoms with Gasteiger partial charge in [0.2, 0.25) is 0 Å². The van der Waals surface area contributed by atoms with Crippen LogP contribution >= 0.6 is 30.1 Å². The van der Waals surface area contributed by atoms with E-state index in [4.69, 9.17) is 16.6 Å². The van der Waals surface area contributed by atoms with E-state index in [2.05, 4.69) is 98.1 Å². The minimum atomic E-state index is -0.435. The normalized spacial score (nSPS) is 12.9. The molecular formula is C28H38ClNOP2Ru. The molecule has 0 saturated carbocycles. The van der Waals surface area contributed by atoms with Crippen LogP contribution in [0.3, 0.4) is 0 Å². The molecule has 0 radical (unpaired) electrons. The summed E-state index contributed by atoms with van der Waals surface area (Å²) < 4.78 is 0. The first kappa shape index (κ1) is 29.8. The molecule has 3 rings (SSSR count). The first-order valence-electron chi connectivity index (χ1n) is 11.9. The number of hydrogen-bond acceptors (Lipinski definition) is 2. The molecule has 2 unspecified atom stereocenters. The van der Waals surface area contributed by atoms with Gasteiger partial charge in [0.25, 0.3) is 5.24 Å². The summed E-state index contributed by atoms with van der Waals surface area (Å²) >= 11 is 5.99. The topological polar surface area (TPSA) is 30.0 Å². The number of halogens is 1. The molecule has 0 aliphatic rings. The molecule has 0 spiro atoms. The monoisotopic (exact) mass is 603 g/mol. The largest absolute Gasteiger partial charge is 0.276 e. The maximum atomic E-state index is 12.2. The van der Waals surface area contributed by atoms with Crippen LogP contribution in [0.1, 0.15) is 76.9 Å². The van der Waals surface area contributed by atoms with Crippen molar-refractivity contribution in [1.29, 1.82) is 0 Å². The van der Waals surface area contributed by atoms with E-state index in [-0.39, 0.29) is 29.8 Å². The molecule has 3 aromatic rings. The van der Waals surface area contributed by atoms with Crippen LogP contribution in [-0.2, 0) is 29.8 Å². The summed E-state index contributed by atoms with van der Waals surface area (Å²) in [6.07, 6.45) is 0. The molecule has 1 aromatic heterocycles. The fourth-order valence-corrected chi connectivity index (χ4v) is 5.91. The third-order valence-corrected chi connectivity index (χ3v) is 11.2. The zero-order valence-corrected chi connectivity index (χ0v) is 26.3. The van der Waals surface area contributed by atoms with Gasteiger partial charge in [-0.05, 0) is 64.6 Å². The number of para-hydroxylation sites is 1. The smallest absolute Gasteiger partial charge is 0.252 e. The first-order valence-corrected chi connectivity index (χ1v) is 13.4. The number of rotatable bonds is 7. The van der Waals surface area contributed by atoms with Crippen molar-refractivity contribution in [2.45, 2.75) is 65.7 Å². The fourth-order valence-electron chi connectivity index (χ4n) is 5.34. The van der Waals surface area contributed by atoms with E-state index in [9.17, 15) is 4.79 Å². The molecule has 0 aliphatic heterocycles. The van der Waals surface area contributed by atoms with Crippen LogP contribution in [0.15, 0.2) is 36.4 Å².